The van der Waals surface area contributed by atoms with Gasteiger partial charge in [0.15, 0.2) is 0 Å². The number of nitrogens with zero attached hydrogens (tertiary/aromatic N) is 3. The third kappa shape index (κ3) is 4.39. The van der Waals surface area contributed by atoms with Crippen LogP contribution in [0.3, 0.4) is 0 Å². The van der Waals surface area contributed by atoms with Crippen molar-refractivity contribution >= 4 is 6.03 Å². The Morgan fingerprint density at radius 3 is 2.28 bits per heavy atom. The molecule has 0 aliphatic carbocycles. The number of ether oxygens (including phenoxy) is 1. The van der Waals surface area contributed by atoms with Crippen molar-refractivity contribution in [1.29, 1.82) is 0 Å². The maximum absolute atomic E-state index is 12.0. The summed E-state index contributed by atoms with van der Waals surface area (Å²) < 4.78 is 5.29. The molecule has 0 aromatic carbocycles. The second-order valence-corrected chi connectivity index (χ2v) is 3.89. The number of hydrazine groups is 3. The molecule has 0 aromatic heterocycles. The van der Waals surface area contributed by atoms with E-state index in [1.165, 1.54) is 5.12 Å². The zero-order chi connectivity index (χ0) is 13.4. The van der Waals surface area contributed by atoms with E-state index in [2.05, 4.69) is 21.2 Å². The largest absolute Gasteiger partial charge is 0.379 e. The van der Waals surface area contributed by atoms with E-state index >= 15 is 0 Å². The van der Waals surface area contributed by atoms with E-state index < -0.39 is 0 Å². The van der Waals surface area contributed by atoms with Gasteiger partial charge in [0, 0.05) is 40.8 Å². The Hall–Kier alpha value is -0.930. The van der Waals surface area contributed by atoms with E-state index in [4.69, 9.17) is 4.74 Å². The van der Waals surface area contributed by atoms with Gasteiger partial charge >= 0.3 is 6.03 Å². The minimum atomic E-state index is -0.171. The summed E-state index contributed by atoms with van der Waals surface area (Å²) >= 11 is 0. The molecule has 2 amide bonds. The molecule has 106 valence electrons. The average molecular weight is 260 g/mol. The highest BCUT2D eigenvalue weighted by Crippen LogP contribution is 1.97. The first kappa shape index (κ1) is 15.1. The number of hydrogen-bond acceptors (Lipinski definition) is 6. The van der Waals surface area contributed by atoms with Gasteiger partial charge < -0.3 is 4.74 Å². The summed E-state index contributed by atoms with van der Waals surface area (Å²) in [5, 5.41) is 2.87. The predicted octanol–water partition coefficient (Wildman–Crippen LogP) is -1.55. The lowest BCUT2D eigenvalue weighted by atomic mass is 10.4. The SMILES string of the molecule is CNN(CCN1CCOCC1)C(=O)N(NC)NC. The standard InChI is InChI=1S/C10H24N6O2/c1-11-15(10(17)16(12-2)13-3)5-4-14-6-8-18-9-7-14/h11-13H,4-9H2,1-3H3. The molecule has 1 heterocycles. The maximum Gasteiger partial charge on any atom is 0.363 e. The predicted molar refractivity (Wildman–Crippen MR) is 68.4 cm³/mol. The van der Waals surface area contributed by atoms with Crippen LogP contribution in [0.15, 0.2) is 0 Å². The molecule has 0 unspecified atom stereocenters. The zero-order valence-electron chi connectivity index (χ0n) is 11.4. The molecule has 1 saturated heterocycles. The minimum Gasteiger partial charge on any atom is -0.379 e. The van der Waals surface area contributed by atoms with E-state index in [1.807, 2.05) is 0 Å². The maximum atomic E-state index is 12.0. The number of amides is 2. The zero-order valence-corrected chi connectivity index (χ0v) is 11.4. The fraction of sp³-hybridized carbons (Fsp3) is 0.900. The Morgan fingerprint density at radius 1 is 1.17 bits per heavy atom. The van der Waals surface area contributed by atoms with Crippen LogP contribution < -0.4 is 16.3 Å². The number of carbonyl (C=O) groups excluding carboxylic acids is 1. The monoisotopic (exact) mass is 260 g/mol. The van der Waals surface area contributed by atoms with Crippen molar-refractivity contribution in [2.24, 2.45) is 0 Å². The first-order valence-electron chi connectivity index (χ1n) is 6.16. The van der Waals surface area contributed by atoms with E-state index in [-0.39, 0.29) is 6.03 Å². The minimum absolute atomic E-state index is 0.171. The van der Waals surface area contributed by atoms with Crippen LogP contribution in [-0.2, 0) is 4.74 Å². The lowest BCUT2D eigenvalue weighted by Crippen LogP contribution is -2.58. The van der Waals surface area contributed by atoms with Gasteiger partial charge in [-0.2, -0.15) is 5.12 Å². The highest BCUT2D eigenvalue weighted by Gasteiger charge is 2.19. The van der Waals surface area contributed by atoms with Crippen LogP contribution in [0.4, 0.5) is 4.79 Å². The van der Waals surface area contributed by atoms with Crippen LogP contribution >= 0.6 is 0 Å². The molecule has 0 saturated carbocycles. The van der Waals surface area contributed by atoms with E-state index in [0.29, 0.717) is 6.54 Å². The molecule has 8 nitrogen and oxygen atoms in total. The Bertz CT molecular complexity index is 243. The van der Waals surface area contributed by atoms with Crippen molar-refractivity contribution in [1.82, 2.24) is 31.3 Å². The molecule has 0 aromatic rings. The third-order valence-corrected chi connectivity index (χ3v) is 2.88. The molecule has 8 heteroatoms. The summed E-state index contributed by atoms with van der Waals surface area (Å²) in [6.07, 6.45) is 0. The molecule has 1 fully saturated rings. The van der Waals surface area contributed by atoms with Crippen LogP contribution in [0.1, 0.15) is 0 Å². The quantitative estimate of drug-likeness (QED) is 0.502. The summed E-state index contributed by atoms with van der Waals surface area (Å²) in [5.41, 5.74) is 8.42. The topological polar surface area (TPSA) is 72.1 Å². The van der Waals surface area contributed by atoms with Crippen LogP contribution in [-0.4, -0.2) is 81.6 Å². The molecule has 1 aliphatic rings. The summed E-state index contributed by atoms with van der Waals surface area (Å²) in [4.78, 5) is 14.3. The molecule has 0 spiro atoms. The van der Waals surface area contributed by atoms with Crippen LogP contribution in [0.2, 0.25) is 0 Å². The van der Waals surface area contributed by atoms with E-state index in [0.717, 1.165) is 32.8 Å². The van der Waals surface area contributed by atoms with Gasteiger partial charge in [-0.1, -0.05) is 0 Å². The van der Waals surface area contributed by atoms with Crippen molar-refractivity contribution in [2.45, 2.75) is 0 Å². The van der Waals surface area contributed by atoms with Crippen LogP contribution in [0, 0.1) is 0 Å². The Morgan fingerprint density at radius 2 is 1.78 bits per heavy atom. The van der Waals surface area contributed by atoms with E-state index in [1.54, 1.807) is 26.2 Å². The third-order valence-electron chi connectivity index (χ3n) is 2.88. The molecule has 0 bridgehead atoms. The van der Waals surface area contributed by atoms with Crippen molar-refractivity contribution in [2.75, 3.05) is 60.5 Å². The normalized spacial score (nSPS) is 16.6. The van der Waals surface area contributed by atoms with Crippen LogP contribution in [0.25, 0.3) is 0 Å². The average Bonchev–Trinajstić information content (AvgIpc) is 2.42. The molecular formula is C10H24N6O2. The van der Waals surface area contributed by atoms with Gasteiger partial charge in [0.1, 0.15) is 0 Å². The van der Waals surface area contributed by atoms with Gasteiger partial charge in [0.05, 0.1) is 19.8 Å². The molecule has 0 atom stereocenters. The highest BCUT2D eigenvalue weighted by atomic mass is 16.5. The fourth-order valence-corrected chi connectivity index (χ4v) is 1.79. The fourth-order valence-electron chi connectivity index (χ4n) is 1.79. The number of nitrogens with one attached hydrogen (secondary N) is 3. The number of carbonyl (C=O) groups is 1. The van der Waals surface area contributed by atoms with E-state index in [9.17, 15) is 4.79 Å². The smallest absolute Gasteiger partial charge is 0.363 e. The lowest BCUT2D eigenvalue weighted by Gasteiger charge is -2.31. The Labute approximate surface area is 108 Å². The molecule has 1 aliphatic heterocycles. The lowest BCUT2D eigenvalue weighted by molar-refractivity contribution is 0.0301. The Balaban J connectivity index is 2.37. The summed E-state index contributed by atoms with van der Waals surface area (Å²) in [7, 11) is 5.11. The summed E-state index contributed by atoms with van der Waals surface area (Å²) in [5.74, 6) is 0. The second-order valence-electron chi connectivity index (χ2n) is 3.89. The molecule has 1 rings (SSSR count). The summed E-state index contributed by atoms with van der Waals surface area (Å²) in [6, 6.07) is -0.171. The number of morpholine rings is 1. The first-order valence-corrected chi connectivity index (χ1v) is 6.16. The number of urea groups is 1. The molecule has 0 radical (unpaired) electrons. The van der Waals surface area contributed by atoms with Gasteiger partial charge in [0.25, 0.3) is 0 Å². The van der Waals surface area contributed by atoms with Crippen molar-refractivity contribution in [3.05, 3.63) is 0 Å². The van der Waals surface area contributed by atoms with Crippen molar-refractivity contribution in [3.63, 3.8) is 0 Å². The Kier molecular flexibility index (Phi) is 6.91. The molecular weight excluding hydrogens is 236 g/mol. The highest BCUT2D eigenvalue weighted by molar-refractivity contribution is 5.72. The van der Waals surface area contributed by atoms with Gasteiger partial charge in [-0.25, -0.2) is 21.1 Å². The second kappa shape index (κ2) is 8.22. The van der Waals surface area contributed by atoms with Gasteiger partial charge in [-0.15, -0.1) is 0 Å². The number of hydrogen-bond donors (Lipinski definition) is 3. The molecule has 18 heavy (non-hydrogen) atoms. The van der Waals surface area contributed by atoms with Gasteiger partial charge in [-0.05, 0) is 0 Å². The van der Waals surface area contributed by atoms with Crippen molar-refractivity contribution < 1.29 is 9.53 Å². The van der Waals surface area contributed by atoms with Gasteiger partial charge in [0.2, 0.25) is 0 Å². The first-order chi connectivity index (χ1) is 8.72. The number of rotatable bonds is 6. The van der Waals surface area contributed by atoms with Gasteiger partial charge in [-0.3, -0.25) is 9.91 Å². The van der Waals surface area contributed by atoms with Crippen LogP contribution in [0.5, 0.6) is 0 Å². The molecule has 3 N–H and O–H groups in total. The summed E-state index contributed by atoms with van der Waals surface area (Å²) in [6.45, 7) is 4.84. The van der Waals surface area contributed by atoms with Crippen molar-refractivity contribution in [3.8, 4) is 0 Å².